The molecule has 7 heteroatoms. The molecule has 1 aliphatic rings. The first-order chi connectivity index (χ1) is 13.1. The summed E-state index contributed by atoms with van der Waals surface area (Å²) in [5, 5.41) is 7.21. The maximum Gasteiger partial charge on any atom is 0.131 e. The highest BCUT2D eigenvalue weighted by molar-refractivity contribution is 9.10. The van der Waals surface area contributed by atoms with Gasteiger partial charge >= 0.3 is 0 Å². The smallest absolute Gasteiger partial charge is 0.131 e. The summed E-state index contributed by atoms with van der Waals surface area (Å²) in [5.74, 6) is 0.377. The van der Waals surface area contributed by atoms with E-state index in [-0.39, 0.29) is 12.4 Å². The van der Waals surface area contributed by atoms with Crippen molar-refractivity contribution in [2.24, 2.45) is 0 Å². The lowest BCUT2D eigenvalue weighted by Gasteiger charge is -2.27. The SMILES string of the molecule is Fc1cccc(Cl)c1COc1ccc(Br)cc1CNCCN1CCNCC1. The number of ether oxygens (including phenoxy) is 1. The third-order valence-electron chi connectivity index (χ3n) is 4.59. The number of nitrogens with one attached hydrogen (secondary N) is 2. The fourth-order valence-electron chi connectivity index (χ4n) is 3.04. The molecule has 2 aromatic carbocycles. The molecule has 3 rings (SSSR count). The molecule has 0 unspecified atom stereocenters. The second-order valence-electron chi connectivity index (χ2n) is 6.51. The van der Waals surface area contributed by atoms with E-state index in [2.05, 4.69) is 31.5 Å². The molecular weight excluding hydrogens is 433 g/mol. The van der Waals surface area contributed by atoms with Crippen LogP contribution < -0.4 is 15.4 Å². The number of hydrogen-bond donors (Lipinski definition) is 2. The molecule has 0 spiro atoms. The highest BCUT2D eigenvalue weighted by Gasteiger charge is 2.11. The lowest BCUT2D eigenvalue weighted by molar-refractivity contribution is 0.240. The quantitative estimate of drug-likeness (QED) is 0.592. The van der Waals surface area contributed by atoms with Gasteiger partial charge in [0.1, 0.15) is 18.2 Å². The Morgan fingerprint density at radius 2 is 2.04 bits per heavy atom. The normalized spacial score (nSPS) is 15.1. The Morgan fingerprint density at radius 3 is 2.81 bits per heavy atom. The summed E-state index contributed by atoms with van der Waals surface area (Å²) in [5.41, 5.74) is 1.40. The van der Waals surface area contributed by atoms with Crippen LogP contribution in [0.3, 0.4) is 0 Å². The van der Waals surface area contributed by atoms with Gasteiger partial charge in [-0.05, 0) is 30.3 Å². The van der Waals surface area contributed by atoms with Crippen molar-refractivity contribution in [3.05, 3.63) is 62.8 Å². The number of piperazine rings is 1. The lowest BCUT2D eigenvalue weighted by Crippen LogP contribution is -2.45. The van der Waals surface area contributed by atoms with Crippen molar-refractivity contribution in [2.75, 3.05) is 39.3 Å². The van der Waals surface area contributed by atoms with Gasteiger partial charge in [-0.3, -0.25) is 4.90 Å². The van der Waals surface area contributed by atoms with Crippen LogP contribution in [0, 0.1) is 5.82 Å². The maximum atomic E-state index is 13.9. The van der Waals surface area contributed by atoms with Gasteiger partial charge in [0.2, 0.25) is 0 Å². The Kier molecular flexibility index (Phi) is 7.91. The molecule has 2 aromatic rings. The molecule has 0 radical (unpaired) electrons. The van der Waals surface area contributed by atoms with Crippen molar-refractivity contribution in [2.45, 2.75) is 13.2 Å². The Bertz CT molecular complexity index is 736. The molecule has 1 saturated heterocycles. The van der Waals surface area contributed by atoms with E-state index in [1.807, 2.05) is 18.2 Å². The zero-order valence-electron chi connectivity index (χ0n) is 15.1. The minimum Gasteiger partial charge on any atom is -0.488 e. The van der Waals surface area contributed by atoms with Gasteiger partial charge in [-0.15, -0.1) is 0 Å². The van der Waals surface area contributed by atoms with Crippen LogP contribution in [0.4, 0.5) is 4.39 Å². The van der Waals surface area contributed by atoms with Crippen LogP contribution in [0.2, 0.25) is 5.02 Å². The van der Waals surface area contributed by atoms with Gasteiger partial charge in [0.05, 0.1) is 5.02 Å². The number of halogens is 3. The third kappa shape index (κ3) is 6.16. The van der Waals surface area contributed by atoms with E-state index in [4.69, 9.17) is 16.3 Å². The molecule has 1 heterocycles. The van der Waals surface area contributed by atoms with E-state index in [0.29, 0.717) is 17.1 Å². The standard InChI is InChI=1S/C20H24BrClFN3O/c21-16-4-5-20(27-14-17-18(22)2-1-3-19(17)23)15(12-16)13-25-8-11-26-9-6-24-7-10-26/h1-5,12,24-25H,6-11,13-14H2. The lowest BCUT2D eigenvalue weighted by atomic mass is 10.2. The second kappa shape index (κ2) is 10.4. The topological polar surface area (TPSA) is 36.5 Å². The Hall–Kier alpha value is -1.18. The average molecular weight is 457 g/mol. The van der Waals surface area contributed by atoms with Crippen molar-refractivity contribution in [1.29, 1.82) is 0 Å². The molecule has 2 N–H and O–H groups in total. The van der Waals surface area contributed by atoms with Gasteiger partial charge in [-0.2, -0.15) is 0 Å². The molecule has 1 aliphatic heterocycles. The first kappa shape index (κ1) is 20.6. The maximum absolute atomic E-state index is 13.9. The summed E-state index contributed by atoms with van der Waals surface area (Å²) < 4.78 is 20.8. The molecule has 1 fully saturated rings. The molecule has 27 heavy (non-hydrogen) atoms. The minimum absolute atomic E-state index is 0.0981. The summed E-state index contributed by atoms with van der Waals surface area (Å²) in [6.07, 6.45) is 0. The van der Waals surface area contributed by atoms with Gasteiger partial charge in [0.15, 0.2) is 0 Å². The Morgan fingerprint density at radius 1 is 1.22 bits per heavy atom. The van der Waals surface area contributed by atoms with Crippen molar-refractivity contribution >= 4 is 27.5 Å². The highest BCUT2D eigenvalue weighted by Crippen LogP contribution is 2.26. The summed E-state index contributed by atoms with van der Waals surface area (Å²) in [6, 6.07) is 10.5. The number of rotatable bonds is 8. The Balaban J connectivity index is 1.56. The van der Waals surface area contributed by atoms with E-state index < -0.39 is 0 Å². The molecule has 146 valence electrons. The van der Waals surface area contributed by atoms with Crippen LogP contribution >= 0.6 is 27.5 Å². The zero-order chi connectivity index (χ0) is 19.1. The summed E-state index contributed by atoms with van der Waals surface area (Å²) in [6.45, 7) is 7.02. The van der Waals surface area contributed by atoms with Crippen molar-refractivity contribution < 1.29 is 9.13 Å². The average Bonchev–Trinajstić information content (AvgIpc) is 2.67. The van der Waals surface area contributed by atoms with Gasteiger partial charge in [0.25, 0.3) is 0 Å². The molecule has 0 saturated carbocycles. The van der Waals surface area contributed by atoms with Crippen LogP contribution in [0.25, 0.3) is 0 Å². The van der Waals surface area contributed by atoms with E-state index in [1.54, 1.807) is 12.1 Å². The van der Waals surface area contributed by atoms with E-state index in [9.17, 15) is 4.39 Å². The van der Waals surface area contributed by atoms with Crippen molar-refractivity contribution in [1.82, 2.24) is 15.5 Å². The molecule has 0 bridgehead atoms. The predicted molar refractivity (Wildman–Crippen MR) is 111 cm³/mol. The van der Waals surface area contributed by atoms with Crippen LogP contribution in [0.1, 0.15) is 11.1 Å². The summed E-state index contributed by atoms with van der Waals surface area (Å²) >= 11 is 9.60. The predicted octanol–water partition coefficient (Wildman–Crippen LogP) is 3.82. The number of benzene rings is 2. The molecular formula is C20H24BrClFN3O. The first-order valence-corrected chi connectivity index (χ1v) is 10.3. The Labute approximate surface area is 173 Å². The van der Waals surface area contributed by atoms with Gasteiger partial charge in [0, 0.05) is 61.4 Å². The molecule has 0 aromatic heterocycles. The monoisotopic (exact) mass is 455 g/mol. The van der Waals surface area contributed by atoms with Gasteiger partial charge in [-0.25, -0.2) is 4.39 Å². The summed E-state index contributed by atoms with van der Waals surface area (Å²) in [4.78, 5) is 2.45. The number of hydrogen-bond acceptors (Lipinski definition) is 4. The van der Waals surface area contributed by atoms with Gasteiger partial charge in [-0.1, -0.05) is 33.6 Å². The van der Waals surface area contributed by atoms with E-state index >= 15 is 0 Å². The number of nitrogens with zero attached hydrogens (tertiary/aromatic N) is 1. The third-order valence-corrected chi connectivity index (χ3v) is 5.43. The first-order valence-electron chi connectivity index (χ1n) is 9.11. The van der Waals surface area contributed by atoms with E-state index in [1.165, 1.54) is 6.07 Å². The fraction of sp³-hybridized carbons (Fsp3) is 0.400. The largest absolute Gasteiger partial charge is 0.488 e. The molecule has 0 aliphatic carbocycles. The molecule has 0 amide bonds. The summed E-state index contributed by atoms with van der Waals surface area (Å²) in [7, 11) is 0. The molecule has 0 atom stereocenters. The minimum atomic E-state index is -0.352. The van der Waals surface area contributed by atoms with Crippen LogP contribution in [0.15, 0.2) is 40.9 Å². The zero-order valence-corrected chi connectivity index (χ0v) is 17.5. The van der Waals surface area contributed by atoms with Crippen molar-refractivity contribution in [3.8, 4) is 5.75 Å². The fourth-order valence-corrected chi connectivity index (χ4v) is 3.67. The van der Waals surface area contributed by atoms with Crippen LogP contribution in [-0.2, 0) is 13.2 Å². The van der Waals surface area contributed by atoms with Gasteiger partial charge < -0.3 is 15.4 Å². The van der Waals surface area contributed by atoms with Crippen LogP contribution in [0.5, 0.6) is 5.75 Å². The second-order valence-corrected chi connectivity index (χ2v) is 7.83. The highest BCUT2D eigenvalue weighted by atomic mass is 79.9. The molecule has 4 nitrogen and oxygen atoms in total. The van der Waals surface area contributed by atoms with Crippen LogP contribution in [-0.4, -0.2) is 44.2 Å². The van der Waals surface area contributed by atoms with Crippen molar-refractivity contribution in [3.63, 3.8) is 0 Å². The van der Waals surface area contributed by atoms with E-state index in [0.717, 1.165) is 55.1 Å².